The predicted octanol–water partition coefficient (Wildman–Crippen LogP) is 3.06. The molecule has 1 heterocycles. The number of hydrogen-bond donors (Lipinski definition) is 0. The third kappa shape index (κ3) is 9.68. The normalized spacial score (nSPS) is 14.4. The molecule has 1 aliphatic heterocycles. The van der Waals surface area contributed by atoms with E-state index in [1.54, 1.807) is 18.6 Å². The van der Waals surface area contributed by atoms with Crippen LogP contribution in [-0.4, -0.2) is 27.2 Å². The van der Waals surface area contributed by atoms with Gasteiger partial charge in [0, 0.05) is 17.7 Å². The van der Waals surface area contributed by atoms with Gasteiger partial charge in [-0.25, -0.2) is 0 Å². The topological polar surface area (TPSA) is 80.5 Å². The summed E-state index contributed by atoms with van der Waals surface area (Å²) in [6, 6.07) is 6.51. The van der Waals surface area contributed by atoms with Crippen molar-refractivity contribution in [2.45, 2.75) is 92.0 Å². The zero-order chi connectivity index (χ0) is 22.6. The van der Waals surface area contributed by atoms with Crippen LogP contribution in [0.1, 0.15) is 92.1 Å². The Kier molecular flexibility index (Phi) is 16.9. The van der Waals surface area contributed by atoms with Crippen LogP contribution in [0.25, 0.3) is 0 Å². The van der Waals surface area contributed by atoms with Gasteiger partial charge in [-0.15, -0.1) is 0 Å². The number of benzene rings is 1. The summed E-state index contributed by atoms with van der Waals surface area (Å²) in [5.41, 5.74) is 0.453. The van der Waals surface area contributed by atoms with E-state index >= 15 is 0 Å². The molecule has 6 nitrogen and oxygen atoms in total. The van der Waals surface area contributed by atoms with Crippen LogP contribution >= 0.6 is 0 Å². The van der Waals surface area contributed by atoms with Crippen molar-refractivity contribution in [3.05, 3.63) is 46.4 Å². The largest absolute Gasteiger partial charge is 1.00 e. The number of piperidine rings is 1. The average molecular weight is 445 g/mol. The van der Waals surface area contributed by atoms with Gasteiger partial charge in [0.25, 0.3) is 5.69 Å². The Morgan fingerprint density at radius 1 is 1.07 bits per heavy atom. The number of non-ortho nitro benzene ring substituents is 1. The Morgan fingerprint density at radius 2 is 1.50 bits per heavy atom. The van der Waals surface area contributed by atoms with Crippen molar-refractivity contribution >= 4 is 17.5 Å². The van der Waals surface area contributed by atoms with Crippen LogP contribution in [0.2, 0.25) is 0 Å². The predicted molar refractivity (Wildman–Crippen MR) is 118 cm³/mol. The van der Waals surface area contributed by atoms with E-state index < -0.39 is 10.5 Å². The van der Waals surface area contributed by atoms with Crippen LogP contribution in [-0.2, 0) is 9.59 Å². The molecular weight excluding hydrogens is 407 g/mol. The molecule has 2 amide bonds. The van der Waals surface area contributed by atoms with Crippen LogP contribution in [0.15, 0.2) is 24.3 Å². The molecule has 0 N–H and O–H groups in total. The molecule has 0 spiro atoms. The number of nitro benzene ring substituents is 1. The van der Waals surface area contributed by atoms with Gasteiger partial charge in [0.05, 0.1) is 4.92 Å². The summed E-state index contributed by atoms with van der Waals surface area (Å²) < 4.78 is 0. The molecule has 30 heavy (non-hydrogen) atoms. The first-order chi connectivity index (χ1) is 13.7. The summed E-state index contributed by atoms with van der Waals surface area (Å²) in [4.78, 5) is 36.1. The maximum absolute atomic E-state index is 12.2. The van der Waals surface area contributed by atoms with Crippen molar-refractivity contribution in [3.8, 4) is 0 Å². The van der Waals surface area contributed by atoms with Crippen LogP contribution in [0.5, 0.6) is 0 Å². The number of nitro groups is 1. The Hall–Kier alpha value is -0.604. The molecule has 0 bridgehead atoms. The van der Waals surface area contributed by atoms with Gasteiger partial charge in [0.2, 0.25) is 0 Å². The third-order valence-electron chi connectivity index (χ3n) is 4.56. The Bertz CT molecular complexity index is 644. The molecule has 1 fully saturated rings. The van der Waals surface area contributed by atoms with Gasteiger partial charge >= 0.3 is 51.4 Å². The van der Waals surface area contributed by atoms with E-state index in [2.05, 4.69) is 13.8 Å². The van der Waals surface area contributed by atoms with E-state index in [1.807, 2.05) is 34.6 Å². The van der Waals surface area contributed by atoms with Gasteiger partial charge in [0.1, 0.15) is 0 Å². The van der Waals surface area contributed by atoms with Gasteiger partial charge in [-0.1, -0.05) is 66.0 Å². The molecule has 1 atom stereocenters. The molecule has 1 aromatic carbocycles. The molecule has 1 saturated heterocycles. The number of amides is 2. The van der Waals surface area contributed by atoms with Crippen LogP contribution < -0.4 is 51.4 Å². The van der Waals surface area contributed by atoms with Crippen molar-refractivity contribution in [2.24, 2.45) is 0 Å². The van der Waals surface area contributed by atoms with Crippen molar-refractivity contribution in [3.63, 3.8) is 0 Å². The smallest absolute Gasteiger partial charge is 0.311 e. The standard InChI is InChI=1S/C18H23N2O4.C3H8.C2H6.K/c1-4-13(14-8-10-15(11-9-14)20(23)24)12-18(2,3)19-16(21)6-5-7-17(19)22;1-3-2;1-2;/h5,8-11,13H,4,6-7,12H2,1-3H3;3H2,1-2H3;1-2H3;/q-1;;;+1. The van der Waals surface area contributed by atoms with Gasteiger partial charge in [0.15, 0.2) is 11.8 Å². The summed E-state index contributed by atoms with van der Waals surface area (Å²) >= 11 is 0. The van der Waals surface area contributed by atoms with E-state index in [-0.39, 0.29) is 74.8 Å². The molecule has 1 unspecified atom stereocenters. The summed E-state index contributed by atoms with van der Waals surface area (Å²) in [6.45, 7) is 14.1. The minimum Gasteiger partial charge on any atom is -0.311 e. The maximum atomic E-state index is 12.2. The summed E-state index contributed by atoms with van der Waals surface area (Å²) in [7, 11) is 0. The van der Waals surface area contributed by atoms with E-state index in [0.717, 1.165) is 12.0 Å². The van der Waals surface area contributed by atoms with E-state index in [4.69, 9.17) is 0 Å². The van der Waals surface area contributed by atoms with Crippen molar-refractivity contribution < 1.29 is 65.9 Å². The Balaban J connectivity index is 0. The SMILES string of the molecule is CC.CCC.CCC(CC(C)(C)N1C(=O)C[CH-]CC1=O)c1ccc([N+](=O)[O-])cc1.[K+]. The first kappa shape index (κ1) is 31.6. The number of carbonyl (C=O) groups is 2. The summed E-state index contributed by atoms with van der Waals surface area (Å²) in [6.07, 6.45) is 5.00. The van der Waals surface area contributed by atoms with E-state index in [9.17, 15) is 19.7 Å². The molecule has 1 aromatic rings. The molecule has 7 heteroatoms. The number of carbonyl (C=O) groups excluding carboxylic acids is 2. The number of imide groups is 1. The summed E-state index contributed by atoms with van der Waals surface area (Å²) in [5.74, 6) is -0.197. The summed E-state index contributed by atoms with van der Waals surface area (Å²) in [5, 5.41) is 10.8. The molecule has 0 saturated carbocycles. The van der Waals surface area contributed by atoms with Crippen molar-refractivity contribution in [2.75, 3.05) is 0 Å². The average Bonchev–Trinajstić information content (AvgIpc) is 2.68. The van der Waals surface area contributed by atoms with Crippen LogP contribution in [0.4, 0.5) is 5.69 Å². The molecule has 0 aliphatic carbocycles. The number of nitrogens with zero attached hydrogens (tertiary/aromatic N) is 2. The first-order valence-corrected chi connectivity index (χ1v) is 10.6. The zero-order valence-electron chi connectivity index (χ0n) is 20.0. The van der Waals surface area contributed by atoms with Crippen molar-refractivity contribution in [1.29, 1.82) is 0 Å². The second-order valence-electron chi connectivity index (χ2n) is 7.50. The number of likely N-dealkylation sites (tertiary alicyclic amines) is 1. The van der Waals surface area contributed by atoms with E-state index in [0.29, 0.717) is 19.3 Å². The van der Waals surface area contributed by atoms with Gasteiger partial charge < -0.3 is 6.42 Å². The second-order valence-corrected chi connectivity index (χ2v) is 7.50. The molecule has 0 radical (unpaired) electrons. The van der Waals surface area contributed by atoms with Gasteiger partial charge in [-0.05, 0) is 38.2 Å². The molecular formula is C23H37KN2O4. The molecule has 1 aliphatic rings. The minimum absolute atomic E-state index is 0. The van der Waals surface area contributed by atoms with E-state index in [1.165, 1.54) is 23.5 Å². The molecule has 0 aromatic heterocycles. The Morgan fingerprint density at radius 3 is 1.87 bits per heavy atom. The fourth-order valence-electron chi connectivity index (χ4n) is 3.38. The fourth-order valence-corrected chi connectivity index (χ4v) is 3.38. The molecule has 164 valence electrons. The van der Waals surface area contributed by atoms with Crippen LogP contribution in [0.3, 0.4) is 0 Å². The monoisotopic (exact) mass is 444 g/mol. The van der Waals surface area contributed by atoms with Crippen LogP contribution in [0, 0.1) is 16.5 Å². The fraction of sp³-hybridized carbons (Fsp3) is 0.609. The Labute approximate surface area is 224 Å². The first-order valence-electron chi connectivity index (χ1n) is 10.6. The second kappa shape index (κ2) is 16.1. The van der Waals surface area contributed by atoms with Gasteiger partial charge in [-0.2, -0.15) is 0 Å². The number of hydrogen-bond acceptors (Lipinski definition) is 4. The quantitative estimate of drug-likeness (QED) is 0.222. The third-order valence-corrected chi connectivity index (χ3v) is 4.56. The minimum atomic E-state index is -0.592. The molecule has 2 rings (SSSR count). The zero-order valence-corrected chi connectivity index (χ0v) is 23.2. The van der Waals surface area contributed by atoms with Crippen molar-refractivity contribution in [1.82, 2.24) is 4.90 Å². The van der Waals surface area contributed by atoms with Gasteiger partial charge in [-0.3, -0.25) is 24.6 Å². The maximum Gasteiger partial charge on any atom is 1.00 e. The number of rotatable bonds is 6.